The highest BCUT2D eigenvalue weighted by molar-refractivity contribution is 6.07. The van der Waals surface area contributed by atoms with Crippen molar-refractivity contribution in [3.63, 3.8) is 0 Å². The molecule has 0 saturated carbocycles. The Hall–Kier alpha value is -2.93. The molecule has 30 heavy (non-hydrogen) atoms. The summed E-state index contributed by atoms with van der Waals surface area (Å²) in [7, 11) is 1.62. The van der Waals surface area contributed by atoms with Gasteiger partial charge in [0.05, 0.1) is 6.61 Å². The fourth-order valence-electron chi connectivity index (χ4n) is 4.84. The third-order valence-electron chi connectivity index (χ3n) is 6.36. The number of amides is 1. The van der Waals surface area contributed by atoms with Crippen LogP contribution in [0.15, 0.2) is 41.4 Å². The first-order valence-electron chi connectivity index (χ1n) is 10.1. The fourth-order valence-corrected chi connectivity index (χ4v) is 4.84. The molecule has 3 aliphatic rings. The highest BCUT2D eigenvalue weighted by atomic mass is 19.1. The lowest BCUT2D eigenvalue weighted by Crippen LogP contribution is -2.55. The number of nitrogens with zero attached hydrogens (tertiary/aromatic N) is 2. The summed E-state index contributed by atoms with van der Waals surface area (Å²) in [5, 5.41) is 0. The average Bonchev–Trinajstić information content (AvgIpc) is 2.94. The molecule has 6 nitrogen and oxygen atoms in total. The van der Waals surface area contributed by atoms with Crippen molar-refractivity contribution >= 4 is 11.9 Å². The third kappa shape index (κ3) is 2.72. The first-order chi connectivity index (χ1) is 14.3. The number of nitrogens with two attached hydrogens (primary N) is 1. The van der Waals surface area contributed by atoms with E-state index in [4.69, 9.17) is 15.2 Å². The van der Waals surface area contributed by atoms with Gasteiger partial charge in [-0.05, 0) is 49.6 Å². The minimum atomic E-state index is -1.19. The Kier molecular flexibility index (Phi) is 4.15. The van der Waals surface area contributed by atoms with Gasteiger partial charge in [-0.2, -0.15) is 0 Å². The molecule has 2 atom stereocenters. The molecular weight excluding hydrogens is 385 g/mol. The molecule has 2 aromatic rings. The zero-order chi connectivity index (χ0) is 21.1. The standard InChI is InChI=1S/C23H24FN3O3/c1-14-4-6-18(24)16(10-14)15-5-7-19-17(11-15)23(20(28)27(2)21(25)26-23)12-22(30-19)8-3-9-29-13-22/h4-7,10-11H,3,8-9,12-13H2,1-2H3,(H2,25,26). The largest absolute Gasteiger partial charge is 0.484 e. The molecule has 1 amide bonds. The van der Waals surface area contributed by atoms with E-state index < -0.39 is 11.1 Å². The molecule has 2 N–H and O–H groups in total. The van der Waals surface area contributed by atoms with Crippen LogP contribution in [-0.2, 0) is 15.1 Å². The second kappa shape index (κ2) is 6.54. The summed E-state index contributed by atoms with van der Waals surface area (Å²) in [6.45, 7) is 2.99. The second-order valence-electron chi connectivity index (χ2n) is 8.51. The Morgan fingerprint density at radius 2 is 2.07 bits per heavy atom. The van der Waals surface area contributed by atoms with Crippen LogP contribution in [0.1, 0.15) is 30.4 Å². The number of hydrogen-bond donors (Lipinski definition) is 1. The molecule has 1 fully saturated rings. The van der Waals surface area contributed by atoms with Crippen molar-refractivity contribution in [3.8, 4) is 16.9 Å². The summed E-state index contributed by atoms with van der Waals surface area (Å²) < 4.78 is 26.7. The molecule has 0 aliphatic carbocycles. The summed E-state index contributed by atoms with van der Waals surface area (Å²) in [4.78, 5) is 19.4. The van der Waals surface area contributed by atoms with Gasteiger partial charge in [0.15, 0.2) is 11.5 Å². The van der Waals surface area contributed by atoms with Gasteiger partial charge in [0.2, 0.25) is 0 Å². The topological polar surface area (TPSA) is 77.2 Å². The van der Waals surface area contributed by atoms with Crippen LogP contribution in [-0.4, -0.2) is 42.6 Å². The molecule has 2 aromatic carbocycles. The lowest BCUT2D eigenvalue weighted by atomic mass is 9.74. The number of guanidine groups is 1. The Balaban J connectivity index is 1.70. The molecule has 0 radical (unpaired) electrons. The number of hydrogen-bond acceptors (Lipinski definition) is 5. The van der Waals surface area contributed by atoms with Crippen LogP contribution in [0.2, 0.25) is 0 Å². The average molecular weight is 409 g/mol. The first kappa shape index (κ1) is 19.1. The minimum Gasteiger partial charge on any atom is -0.484 e. The summed E-state index contributed by atoms with van der Waals surface area (Å²) in [6, 6.07) is 10.4. The van der Waals surface area contributed by atoms with Crippen LogP contribution in [0.5, 0.6) is 5.75 Å². The number of carbonyl (C=O) groups excluding carboxylic acids is 1. The molecule has 2 unspecified atom stereocenters. The third-order valence-corrected chi connectivity index (χ3v) is 6.36. The van der Waals surface area contributed by atoms with Crippen LogP contribution in [0, 0.1) is 12.7 Å². The van der Waals surface area contributed by atoms with Gasteiger partial charge in [-0.3, -0.25) is 9.69 Å². The van der Waals surface area contributed by atoms with Crippen LogP contribution in [0.25, 0.3) is 11.1 Å². The Labute approximate surface area is 174 Å². The van der Waals surface area contributed by atoms with Crippen LogP contribution >= 0.6 is 0 Å². The maximum atomic E-state index is 14.6. The van der Waals surface area contributed by atoms with Crippen molar-refractivity contribution in [1.29, 1.82) is 0 Å². The maximum Gasteiger partial charge on any atom is 0.261 e. The summed E-state index contributed by atoms with van der Waals surface area (Å²) >= 11 is 0. The Morgan fingerprint density at radius 3 is 2.77 bits per heavy atom. The SMILES string of the molecule is Cc1ccc(F)c(-c2ccc3c(c2)C2(CC4(CCCOC4)O3)N=C(N)N(C)C2=O)c1. The lowest BCUT2D eigenvalue weighted by Gasteiger charge is -2.46. The van der Waals surface area contributed by atoms with Gasteiger partial charge in [-0.15, -0.1) is 0 Å². The minimum absolute atomic E-state index is 0.173. The molecule has 3 heterocycles. The maximum absolute atomic E-state index is 14.6. The van der Waals surface area contributed by atoms with E-state index in [9.17, 15) is 9.18 Å². The van der Waals surface area contributed by atoms with Gasteiger partial charge in [0.1, 0.15) is 17.2 Å². The van der Waals surface area contributed by atoms with E-state index in [1.165, 1.54) is 11.0 Å². The van der Waals surface area contributed by atoms with E-state index in [1.54, 1.807) is 25.2 Å². The van der Waals surface area contributed by atoms with E-state index in [2.05, 4.69) is 4.99 Å². The summed E-state index contributed by atoms with van der Waals surface area (Å²) in [5.41, 5.74) is 6.96. The monoisotopic (exact) mass is 409 g/mol. The number of aryl methyl sites for hydroxylation is 1. The van der Waals surface area contributed by atoms with E-state index in [-0.39, 0.29) is 17.7 Å². The zero-order valence-corrected chi connectivity index (χ0v) is 17.1. The number of carbonyl (C=O) groups is 1. The molecule has 3 aliphatic heterocycles. The first-order valence-corrected chi connectivity index (χ1v) is 10.1. The summed E-state index contributed by atoms with van der Waals surface area (Å²) in [5.74, 6) is 0.230. The van der Waals surface area contributed by atoms with E-state index in [0.29, 0.717) is 42.1 Å². The highest BCUT2D eigenvalue weighted by Gasteiger charge is 2.58. The number of benzene rings is 2. The molecule has 0 bridgehead atoms. The van der Waals surface area contributed by atoms with E-state index in [0.717, 1.165) is 18.4 Å². The number of rotatable bonds is 1. The molecule has 156 valence electrons. The fraction of sp³-hybridized carbons (Fsp3) is 0.391. The van der Waals surface area contributed by atoms with Gasteiger partial charge in [-0.25, -0.2) is 9.38 Å². The van der Waals surface area contributed by atoms with E-state index in [1.807, 2.05) is 19.1 Å². The van der Waals surface area contributed by atoms with Crippen LogP contribution in [0.3, 0.4) is 0 Å². The van der Waals surface area contributed by atoms with Crippen molar-refractivity contribution in [3.05, 3.63) is 53.3 Å². The predicted molar refractivity (Wildman–Crippen MR) is 111 cm³/mol. The molecule has 5 rings (SSSR count). The van der Waals surface area contributed by atoms with Crippen molar-refractivity contribution in [2.75, 3.05) is 20.3 Å². The quantitative estimate of drug-likeness (QED) is 0.785. The van der Waals surface area contributed by atoms with Gasteiger partial charge >= 0.3 is 0 Å². The lowest BCUT2D eigenvalue weighted by molar-refractivity contribution is -0.139. The smallest absolute Gasteiger partial charge is 0.261 e. The normalized spacial score (nSPS) is 27.9. The van der Waals surface area contributed by atoms with Crippen molar-refractivity contribution < 1.29 is 18.7 Å². The van der Waals surface area contributed by atoms with Gasteiger partial charge in [0.25, 0.3) is 5.91 Å². The number of aliphatic imine (C=N–C) groups is 1. The molecule has 1 saturated heterocycles. The summed E-state index contributed by atoms with van der Waals surface area (Å²) in [6.07, 6.45) is 1.97. The Bertz CT molecular complexity index is 1080. The van der Waals surface area contributed by atoms with Gasteiger partial charge in [-0.1, -0.05) is 17.7 Å². The van der Waals surface area contributed by atoms with Crippen LogP contribution in [0.4, 0.5) is 4.39 Å². The molecular formula is C23H24FN3O3. The van der Waals surface area contributed by atoms with Gasteiger partial charge < -0.3 is 15.2 Å². The van der Waals surface area contributed by atoms with Crippen molar-refractivity contribution in [2.24, 2.45) is 10.7 Å². The second-order valence-corrected chi connectivity index (χ2v) is 8.51. The Morgan fingerprint density at radius 1 is 1.23 bits per heavy atom. The molecule has 0 aromatic heterocycles. The van der Waals surface area contributed by atoms with Crippen molar-refractivity contribution in [2.45, 2.75) is 37.3 Å². The highest BCUT2D eigenvalue weighted by Crippen LogP contribution is 2.51. The number of fused-ring (bicyclic) bond motifs is 2. The number of halogens is 1. The number of ether oxygens (including phenoxy) is 2. The van der Waals surface area contributed by atoms with Crippen molar-refractivity contribution in [1.82, 2.24) is 4.90 Å². The van der Waals surface area contributed by atoms with Gasteiger partial charge in [0, 0.05) is 31.2 Å². The number of likely N-dealkylation sites (N-methyl/N-ethyl adjacent to an activating group) is 1. The molecule has 7 heteroatoms. The zero-order valence-electron chi connectivity index (χ0n) is 17.1. The molecule has 2 spiro atoms. The van der Waals surface area contributed by atoms with E-state index >= 15 is 0 Å². The predicted octanol–water partition coefficient (Wildman–Crippen LogP) is 3.11. The van der Waals surface area contributed by atoms with Crippen LogP contribution < -0.4 is 10.5 Å².